The fraction of sp³-hybridized carbons (Fsp3) is 0. The lowest BCUT2D eigenvalue weighted by molar-refractivity contribution is 0.616. The number of rotatable bonds is 0. The van der Waals surface area contributed by atoms with Gasteiger partial charge in [0.1, 0.15) is 5.58 Å². The first-order valence-electron chi connectivity index (χ1n) is 4.14. The summed E-state index contributed by atoms with van der Waals surface area (Å²) in [6.45, 7) is 0. The van der Waals surface area contributed by atoms with Gasteiger partial charge >= 0.3 is 0 Å². The first-order valence-corrected chi connectivity index (χ1v) is 4.14. The van der Waals surface area contributed by atoms with Gasteiger partial charge in [0.15, 0.2) is 0 Å². The van der Waals surface area contributed by atoms with Gasteiger partial charge in [0.2, 0.25) is 0 Å². The highest BCUT2D eigenvalue weighted by molar-refractivity contribution is 5.95. The average molecular weight is 169 g/mol. The van der Waals surface area contributed by atoms with Crippen LogP contribution in [0.1, 0.15) is 0 Å². The molecule has 0 amide bonds. The molecule has 13 heavy (non-hydrogen) atoms. The average Bonchev–Trinajstić information content (AvgIpc) is 2.61. The molecular formula is C11H7NO. The molecule has 3 rings (SSSR count). The van der Waals surface area contributed by atoms with Crippen LogP contribution in [0, 0.1) is 0 Å². The van der Waals surface area contributed by atoms with E-state index in [0.29, 0.717) is 0 Å². The predicted octanol–water partition coefficient (Wildman–Crippen LogP) is 2.98. The van der Waals surface area contributed by atoms with Gasteiger partial charge in [0.05, 0.1) is 6.26 Å². The second-order valence-corrected chi connectivity index (χ2v) is 3.03. The van der Waals surface area contributed by atoms with Gasteiger partial charge in [-0.15, -0.1) is 0 Å². The van der Waals surface area contributed by atoms with Crippen molar-refractivity contribution in [2.45, 2.75) is 0 Å². The standard InChI is InChI=1S/C11H7NO/c1-3-12-7-10-6-11-9(2-4-13-11)5-8(1)10/h1-7H. The van der Waals surface area contributed by atoms with E-state index in [2.05, 4.69) is 11.1 Å². The van der Waals surface area contributed by atoms with Crippen LogP contribution in [-0.2, 0) is 0 Å². The number of furan rings is 1. The summed E-state index contributed by atoms with van der Waals surface area (Å²) >= 11 is 0. The fourth-order valence-corrected chi connectivity index (χ4v) is 1.55. The van der Waals surface area contributed by atoms with Crippen molar-refractivity contribution in [3.05, 3.63) is 42.9 Å². The van der Waals surface area contributed by atoms with E-state index in [1.54, 1.807) is 12.5 Å². The third-order valence-corrected chi connectivity index (χ3v) is 2.21. The Bertz CT molecular complexity index is 519. The zero-order valence-corrected chi connectivity index (χ0v) is 6.90. The van der Waals surface area contributed by atoms with Crippen molar-refractivity contribution in [1.29, 1.82) is 0 Å². The number of pyridine rings is 1. The summed E-state index contributed by atoms with van der Waals surface area (Å²) in [6.07, 6.45) is 5.35. The van der Waals surface area contributed by atoms with E-state index in [1.807, 2.05) is 24.4 Å². The highest BCUT2D eigenvalue weighted by atomic mass is 16.3. The molecule has 2 heteroatoms. The van der Waals surface area contributed by atoms with Gasteiger partial charge in [-0.3, -0.25) is 4.98 Å². The topological polar surface area (TPSA) is 26.0 Å². The Balaban J connectivity index is 2.57. The molecule has 1 aromatic carbocycles. The third kappa shape index (κ3) is 0.920. The van der Waals surface area contributed by atoms with Crippen LogP contribution in [0.15, 0.2) is 47.3 Å². The number of hydrogen-bond acceptors (Lipinski definition) is 2. The van der Waals surface area contributed by atoms with Gasteiger partial charge < -0.3 is 4.42 Å². The monoisotopic (exact) mass is 169 g/mol. The molecule has 2 aromatic heterocycles. The van der Waals surface area contributed by atoms with Crippen LogP contribution < -0.4 is 0 Å². The molecule has 0 radical (unpaired) electrons. The molecule has 0 N–H and O–H groups in total. The molecule has 0 unspecified atom stereocenters. The number of hydrogen-bond donors (Lipinski definition) is 0. The lowest BCUT2D eigenvalue weighted by Crippen LogP contribution is -1.74. The van der Waals surface area contributed by atoms with Crippen LogP contribution in [0.3, 0.4) is 0 Å². The molecule has 0 fully saturated rings. The maximum absolute atomic E-state index is 5.30. The smallest absolute Gasteiger partial charge is 0.134 e. The number of fused-ring (bicyclic) bond motifs is 2. The lowest BCUT2D eigenvalue weighted by Gasteiger charge is -1.95. The van der Waals surface area contributed by atoms with Crippen LogP contribution in [0.4, 0.5) is 0 Å². The Morgan fingerprint density at radius 1 is 1.00 bits per heavy atom. The third-order valence-electron chi connectivity index (χ3n) is 2.21. The van der Waals surface area contributed by atoms with Gasteiger partial charge in [-0.1, -0.05) is 0 Å². The van der Waals surface area contributed by atoms with Gasteiger partial charge in [-0.2, -0.15) is 0 Å². The molecule has 0 aliphatic rings. The first-order chi connectivity index (χ1) is 6.43. The zero-order valence-electron chi connectivity index (χ0n) is 6.90. The minimum Gasteiger partial charge on any atom is -0.464 e. The normalized spacial score (nSPS) is 11.1. The van der Waals surface area contributed by atoms with E-state index in [4.69, 9.17) is 4.42 Å². The Morgan fingerprint density at radius 3 is 3.00 bits per heavy atom. The highest BCUT2D eigenvalue weighted by Gasteiger charge is 1.98. The van der Waals surface area contributed by atoms with Crippen molar-refractivity contribution in [3.8, 4) is 0 Å². The van der Waals surface area contributed by atoms with E-state index >= 15 is 0 Å². The first kappa shape index (κ1) is 6.66. The van der Waals surface area contributed by atoms with Crippen molar-refractivity contribution in [3.63, 3.8) is 0 Å². The van der Waals surface area contributed by atoms with Gasteiger partial charge in [-0.25, -0.2) is 0 Å². The zero-order chi connectivity index (χ0) is 8.67. The Kier molecular flexibility index (Phi) is 1.19. The summed E-state index contributed by atoms with van der Waals surface area (Å²) in [5.74, 6) is 0. The van der Waals surface area contributed by atoms with Crippen molar-refractivity contribution in [1.82, 2.24) is 4.98 Å². The molecule has 0 saturated heterocycles. The molecule has 0 aliphatic carbocycles. The van der Waals surface area contributed by atoms with E-state index < -0.39 is 0 Å². The molecule has 0 spiro atoms. The van der Waals surface area contributed by atoms with Crippen molar-refractivity contribution in [2.24, 2.45) is 0 Å². The summed E-state index contributed by atoms with van der Waals surface area (Å²) in [6, 6.07) is 8.09. The summed E-state index contributed by atoms with van der Waals surface area (Å²) in [5.41, 5.74) is 0.917. The largest absolute Gasteiger partial charge is 0.464 e. The Hall–Kier alpha value is -1.83. The van der Waals surface area contributed by atoms with Crippen LogP contribution in [0.5, 0.6) is 0 Å². The molecule has 2 heterocycles. The summed E-state index contributed by atoms with van der Waals surface area (Å²) < 4.78 is 5.30. The van der Waals surface area contributed by atoms with Crippen molar-refractivity contribution in [2.75, 3.05) is 0 Å². The second kappa shape index (κ2) is 2.33. The molecular weight excluding hydrogens is 162 g/mol. The predicted molar refractivity (Wildman–Crippen MR) is 51.5 cm³/mol. The van der Waals surface area contributed by atoms with Crippen molar-refractivity contribution >= 4 is 21.7 Å². The molecule has 0 atom stereocenters. The molecule has 2 nitrogen and oxygen atoms in total. The molecule has 3 aromatic rings. The molecule has 62 valence electrons. The van der Waals surface area contributed by atoms with Crippen LogP contribution >= 0.6 is 0 Å². The van der Waals surface area contributed by atoms with E-state index in [-0.39, 0.29) is 0 Å². The lowest BCUT2D eigenvalue weighted by atomic mass is 10.1. The second-order valence-electron chi connectivity index (χ2n) is 3.03. The van der Waals surface area contributed by atoms with Gasteiger partial charge in [-0.05, 0) is 29.7 Å². The minimum atomic E-state index is 0.917. The summed E-state index contributed by atoms with van der Waals surface area (Å²) in [4.78, 5) is 4.06. The minimum absolute atomic E-state index is 0.917. The number of nitrogens with zero attached hydrogens (tertiary/aromatic N) is 1. The number of benzene rings is 1. The van der Waals surface area contributed by atoms with Crippen LogP contribution in [0.2, 0.25) is 0 Å². The van der Waals surface area contributed by atoms with Crippen LogP contribution in [0.25, 0.3) is 21.7 Å². The Morgan fingerprint density at radius 2 is 2.00 bits per heavy atom. The van der Waals surface area contributed by atoms with E-state index in [9.17, 15) is 0 Å². The highest BCUT2D eigenvalue weighted by Crippen LogP contribution is 2.22. The summed E-state index contributed by atoms with van der Waals surface area (Å²) in [7, 11) is 0. The Labute approximate surface area is 74.8 Å². The fourth-order valence-electron chi connectivity index (χ4n) is 1.55. The maximum Gasteiger partial charge on any atom is 0.134 e. The maximum atomic E-state index is 5.30. The van der Waals surface area contributed by atoms with Gasteiger partial charge in [0.25, 0.3) is 0 Å². The molecule has 0 bridgehead atoms. The number of aromatic nitrogens is 1. The van der Waals surface area contributed by atoms with E-state index in [1.165, 1.54) is 5.39 Å². The van der Waals surface area contributed by atoms with Gasteiger partial charge in [0, 0.05) is 23.2 Å². The van der Waals surface area contributed by atoms with Crippen LogP contribution in [-0.4, -0.2) is 4.98 Å². The quantitative estimate of drug-likeness (QED) is 0.517. The molecule has 0 saturated carbocycles. The molecule has 0 aliphatic heterocycles. The summed E-state index contributed by atoms with van der Waals surface area (Å²) in [5, 5.41) is 3.45. The van der Waals surface area contributed by atoms with Crippen molar-refractivity contribution < 1.29 is 4.42 Å². The van der Waals surface area contributed by atoms with E-state index in [0.717, 1.165) is 16.4 Å². The SMILES string of the molecule is c1cc2cc3ccoc3cc2cn1.